The molecule has 82 valence electrons. The van der Waals surface area contributed by atoms with Gasteiger partial charge in [-0.05, 0) is 24.3 Å². The number of nitrogens with one attached hydrogen (secondary N) is 1. The number of fused-ring (bicyclic) bond motifs is 1. The molecule has 2 aliphatic rings. The summed E-state index contributed by atoms with van der Waals surface area (Å²) in [6.45, 7) is 1.87. The normalized spacial score (nSPS) is 36.1. The van der Waals surface area contributed by atoms with Crippen molar-refractivity contribution in [1.82, 2.24) is 5.32 Å². The van der Waals surface area contributed by atoms with Crippen molar-refractivity contribution < 1.29 is 4.74 Å². The lowest BCUT2D eigenvalue weighted by Gasteiger charge is -2.47. The maximum atomic E-state index is 5.95. The van der Waals surface area contributed by atoms with Gasteiger partial charge in [-0.2, -0.15) is 0 Å². The van der Waals surface area contributed by atoms with Gasteiger partial charge in [0.1, 0.15) is 0 Å². The number of hydrogen-bond acceptors (Lipinski definition) is 3. The summed E-state index contributed by atoms with van der Waals surface area (Å²) in [5.41, 5.74) is 0.144. The highest BCUT2D eigenvalue weighted by atomic mass is 32.1. The summed E-state index contributed by atoms with van der Waals surface area (Å²) in [5, 5.41) is 5.90. The third-order valence-corrected chi connectivity index (χ3v) is 4.71. The van der Waals surface area contributed by atoms with E-state index in [1.165, 1.54) is 30.6 Å². The van der Waals surface area contributed by atoms with E-state index in [-0.39, 0.29) is 5.54 Å². The van der Waals surface area contributed by atoms with E-state index >= 15 is 0 Å². The van der Waals surface area contributed by atoms with E-state index in [0.29, 0.717) is 6.10 Å². The Kier molecular flexibility index (Phi) is 2.54. The summed E-state index contributed by atoms with van der Waals surface area (Å²) in [4.78, 5) is 1.46. The van der Waals surface area contributed by atoms with Gasteiger partial charge in [-0.25, -0.2) is 0 Å². The van der Waals surface area contributed by atoms with Crippen LogP contribution in [0.5, 0.6) is 0 Å². The molecule has 0 unspecified atom stereocenters. The monoisotopic (exact) mass is 223 g/mol. The van der Waals surface area contributed by atoms with Crippen molar-refractivity contribution in [3.05, 3.63) is 22.4 Å². The van der Waals surface area contributed by atoms with E-state index in [9.17, 15) is 0 Å². The molecule has 1 N–H and O–H groups in total. The van der Waals surface area contributed by atoms with Gasteiger partial charge in [0, 0.05) is 11.4 Å². The SMILES string of the molecule is c1csc([C@@]23CCCC[C@@H]2OCCN3)c1. The third-order valence-electron chi connectivity index (χ3n) is 3.66. The predicted molar refractivity (Wildman–Crippen MR) is 62.2 cm³/mol. The van der Waals surface area contributed by atoms with Crippen LogP contribution < -0.4 is 5.32 Å². The van der Waals surface area contributed by atoms with Crippen LogP contribution >= 0.6 is 11.3 Å². The van der Waals surface area contributed by atoms with Crippen molar-refractivity contribution in [2.75, 3.05) is 13.2 Å². The standard InChI is InChI=1S/C12H17NOS/c1-2-6-12(11-5-3-9-15-11)10(4-1)14-8-7-13-12/h3,5,9-10,13H,1-2,4,6-8H2/t10-,12+/m0/s1. The first-order chi connectivity index (χ1) is 7.42. The van der Waals surface area contributed by atoms with Crippen LogP contribution in [0.4, 0.5) is 0 Å². The van der Waals surface area contributed by atoms with Crippen LogP contribution in [0.1, 0.15) is 30.6 Å². The quantitative estimate of drug-likeness (QED) is 0.790. The molecule has 1 aromatic rings. The smallest absolute Gasteiger partial charge is 0.0807 e. The molecular weight excluding hydrogens is 206 g/mol. The number of thiophene rings is 1. The van der Waals surface area contributed by atoms with Crippen molar-refractivity contribution in [2.24, 2.45) is 0 Å². The molecule has 0 amide bonds. The first kappa shape index (κ1) is 9.82. The number of ether oxygens (including phenoxy) is 1. The van der Waals surface area contributed by atoms with Crippen molar-refractivity contribution in [1.29, 1.82) is 0 Å². The molecule has 0 aromatic carbocycles. The van der Waals surface area contributed by atoms with E-state index < -0.39 is 0 Å². The topological polar surface area (TPSA) is 21.3 Å². The Bertz CT molecular complexity index is 310. The van der Waals surface area contributed by atoms with Crippen LogP contribution in [-0.4, -0.2) is 19.3 Å². The molecule has 2 heterocycles. The van der Waals surface area contributed by atoms with Crippen LogP contribution in [0.2, 0.25) is 0 Å². The van der Waals surface area contributed by atoms with Gasteiger partial charge in [0.2, 0.25) is 0 Å². The van der Waals surface area contributed by atoms with Gasteiger partial charge in [0.25, 0.3) is 0 Å². The van der Waals surface area contributed by atoms with Crippen molar-refractivity contribution >= 4 is 11.3 Å². The number of rotatable bonds is 1. The fourth-order valence-electron chi connectivity index (χ4n) is 2.95. The fourth-order valence-corrected chi connectivity index (χ4v) is 3.92. The zero-order chi connectivity index (χ0) is 10.1. The third kappa shape index (κ3) is 1.53. The Morgan fingerprint density at radius 1 is 1.47 bits per heavy atom. The van der Waals surface area contributed by atoms with Crippen LogP contribution in [-0.2, 0) is 10.3 Å². The summed E-state index contributed by atoms with van der Waals surface area (Å²) < 4.78 is 5.95. The van der Waals surface area contributed by atoms with Gasteiger partial charge in [-0.1, -0.05) is 18.9 Å². The Balaban J connectivity index is 1.97. The summed E-state index contributed by atoms with van der Waals surface area (Å²) in [5.74, 6) is 0. The van der Waals surface area contributed by atoms with Gasteiger partial charge in [0.05, 0.1) is 18.2 Å². The molecule has 1 aromatic heterocycles. The van der Waals surface area contributed by atoms with Gasteiger partial charge in [0.15, 0.2) is 0 Å². The van der Waals surface area contributed by atoms with Crippen molar-refractivity contribution in [2.45, 2.75) is 37.3 Å². The molecule has 2 fully saturated rings. The molecule has 3 heteroatoms. The molecular formula is C12H17NOS. The highest BCUT2D eigenvalue weighted by Gasteiger charge is 2.45. The van der Waals surface area contributed by atoms with E-state index in [0.717, 1.165) is 13.2 Å². The summed E-state index contributed by atoms with van der Waals surface area (Å²) in [6, 6.07) is 4.40. The van der Waals surface area contributed by atoms with Gasteiger partial charge in [-0.15, -0.1) is 11.3 Å². The minimum absolute atomic E-state index is 0.144. The second-order valence-electron chi connectivity index (χ2n) is 4.48. The molecule has 2 nitrogen and oxygen atoms in total. The molecule has 1 aliphatic carbocycles. The Hall–Kier alpha value is -0.380. The van der Waals surface area contributed by atoms with Crippen LogP contribution in [0.25, 0.3) is 0 Å². The second-order valence-corrected chi connectivity index (χ2v) is 5.43. The average molecular weight is 223 g/mol. The molecule has 1 aliphatic heterocycles. The largest absolute Gasteiger partial charge is 0.375 e. The average Bonchev–Trinajstić information content (AvgIpc) is 2.83. The summed E-state index contributed by atoms with van der Waals surface area (Å²) >= 11 is 1.86. The molecule has 0 spiro atoms. The number of morpholine rings is 1. The fraction of sp³-hybridized carbons (Fsp3) is 0.667. The molecule has 0 bridgehead atoms. The molecule has 15 heavy (non-hydrogen) atoms. The first-order valence-electron chi connectivity index (χ1n) is 5.82. The highest BCUT2D eigenvalue weighted by molar-refractivity contribution is 7.10. The second kappa shape index (κ2) is 3.89. The first-order valence-corrected chi connectivity index (χ1v) is 6.70. The molecule has 3 rings (SSSR count). The van der Waals surface area contributed by atoms with Crippen molar-refractivity contribution in [3.8, 4) is 0 Å². The van der Waals surface area contributed by atoms with Crippen LogP contribution in [0.15, 0.2) is 17.5 Å². The lowest BCUT2D eigenvalue weighted by molar-refractivity contribution is -0.0742. The van der Waals surface area contributed by atoms with Crippen LogP contribution in [0, 0.1) is 0 Å². The van der Waals surface area contributed by atoms with E-state index in [2.05, 4.69) is 22.8 Å². The van der Waals surface area contributed by atoms with E-state index in [1.54, 1.807) is 0 Å². The lowest BCUT2D eigenvalue weighted by Crippen LogP contribution is -2.58. The molecule has 0 radical (unpaired) electrons. The van der Waals surface area contributed by atoms with Gasteiger partial charge in [-0.3, -0.25) is 0 Å². The lowest BCUT2D eigenvalue weighted by atomic mass is 9.77. The minimum atomic E-state index is 0.144. The number of hydrogen-bond donors (Lipinski definition) is 1. The van der Waals surface area contributed by atoms with Gasteiger partial charge >= 0.3 is 0 Å². The highest BCUT2D eigenvalue weighted by Crippen LogP contribution is 2.42. The Morgan fingerprint density at radius 3 is 3.33 bits per heavy atom. The van der Waals surface area contributed by atoms with E-state index in [4.69, 9.17) is 4.74 Å². The Morgan fingerprint density at radius 2 is 2.47 bits per heavy atom. The molecule has 1 saturated carbocycles. The zero-order valence-corrected chi connectivity index (χ0v) is 9.69. The van der Waals surface area contributed by atoms with Gasteiger partial charge < -0.3 is 10.1 Å². The maximum absolute atomic E-state index is 5.95. The summed E-state index contributed by atoms with van der Waals surface area (Å²) in [6.07, 6.45) is 5.49. The van der Waals surface area contributed by atoms with Crippen molar-refractivity contribution in [3.63, 3.8) is 0 Å². The zero-order valence-electron chi connectivity index (χ0n) is 8.87. The minimum Gasteiger partial charge on any atom is -0.375 e. The van der Waals surface area contributed by atoms with E-state index in [1.807, 2.05) is 11.3 Å². The Labute approximate surface area is 94.6 Å². The molecule has 1 saturated heterocycles. The molecule has 2 atom stereocenters. The maximum Gasteiger partial charge on any atom is 0.0807 e. The summed E-state index contributed by atoms with van der Waals surface area (Å²) in [7, 11) is 0. The van der Waals surface area contributed by atoms with Crippen LogP contribution in [0.3, 0.4) is 0 Å². The predicted octanol–water partition coefficient (Wildman–Crippen LogP) is 2.51.